The first-order valence-corrected chi connectivity index (χ1v) is 4.34. The highest BCUT2D eigenvalue weighted by Gasteiger charge is 2.17. The highest BCUT2D eigenvalue weighted by atomic mass is 16.5. The Morgan fingerprint density at radius 1 is 1.19 bits per heavy atom. The summed E-state index contributed by atoms with van der Waals surface area (Å²) in [7, 11) is 1.20. The van der Waals surface area contributed by atoms with Crippen LogP contribution in [0.25, 0.3) is 0 Å². The van der Waals surface area contributed by atoms with E-state index in [9.17, 15) is 14.4 Å². The first-order valence-electron chi connectivity index (χ1n) is 4.34. The molecule has 0 aliphatic heterocycles. The van der Waals surface area contributed by atoms with Gasteiger partial charge >= 0.3 is 12.0 Å². The van der Waals surface area contributed by atoms with Crippen molar-refractivity contribution in [3.63, 3.8) is 0 Å². The number of carbonyl (C=O) groups is 3. The topological polar surface area (TPSA) is 98.5 Å². The SMILES string of the molecule is COC(=O)c1ccccc1C(=O)NC(N)=O. The Balaban J connectivity index is 3.08. The number of primary amides is 1. The fourth-order valence-electron chi connectivity index (χ4n) is 1.15. The van der Waals surface area contributed by atoms with Gasteiger partial charge in [0.05, 0.1) is 18.2 Å². The van der Waals surface area contributed by atoms with Crippen LogP contribution in [-0.2, 0) is 4.74 Å². The van der Waals surface area contributed by atoms with Crippen LogP contribution in [0.1, 0.15) is 20.7 Å². The van der Waals surface area contributed by atoms with E-state index in [4.69, 9.17) is 5.73 Å². The summed E-state index contributed by atoms with van der Waals surface area (Å²) in [4.78, 5) is 33.3. The van der Waals surface area contributed by atoms with Crippen LogP contribution in [-0.4, -0.2) is 25.0 Å². The molecule has 0 fully saturated rings. The highest BCUT2D eigenvalue weighted by molar-refractivity contribution is 6.10. The Labute approximate surface area is 91.4 Å². The van der Waals surface area contributed by atoms with Gasteiger partial charge in [0.1, 0.15) is 0 Å². The molecule has 0 saturated carbocycles. The van der Waals surface area contributed by atoms with Crippen molar-refractivity contribution in [2.45, 2.75) is 0 Å². The molecule has 0 heterocycles. The molecule has 6 heteroatoms. The van der Waals surface area contributed by atoms with Gasteiger partial charge in [-0.2, -0.15) is 0 Å². The van der Waals surface area contributed by atoms with Gasteiger partial charge in [-0.15, -0.1) is 0 Å². The molecule has 1 rings (SSSR count). The molecule has 3 N–H and O–H groups in total. The van der Waals surface area contributed by atoms with Crippen LogP contribution in [0, 0.1) is 0 Å². The summed E-state index contributed by atoms with van der Waals surface area (Å²) in [6.45, 7) is 0. The van der Waals surface area contributed by atoms with E-state index >= 15 is 0 Å². The van der Waals surface area contributed by atoms with E-state index in [1.807, 2.05) is 5.32 Å². The standard InChI is InChI=1S/C10H10N2O4/c1-16-9(14)7-5-3-2-4-6(7)8(13)12-10(11)15/h2-5H,1H3,(H3,11,12,13,15). The van der Waals surface area contributed by atoms with Gasteiger partial charge in [0.2, 0.25) is 0 Å². The number of imide groups is 1. The van der Waals surface area contributed by atoms with E-state index in [2.05, 4.69) is 4.74 Å². The van der Waals surface area contributed by atoms with E-state index in [-0.39, 0.29) is 11.1 Å². The minimum absolute atomic E-state index is 0.0353. The number of hydrogen-bond donors (Lipinski definition) is 2. The lowest BCUT2D eigenvalue weighted by Crippen LogP contribution is -2.35. The maximum atomic E-state index is 11.5. The maximum absolute atomic E-state index is 11.5. The summed E-state index contributed by atoms with van der Waals surface area (Å²) >= 11 is 0. The molecule has 0 aromatic heterocycles. The van der Waals surface area contributed by atoms with Crippen LogP contribution in [0.5, 0.6) is 0 Å². The number of esters is 1. The second-order valence-corrected chi connectivity index (χ2v) is 2.86. The number of nitrogens with one attached hydrogen (secondary N) is 1. The largest absolute Gasteiger partial charge is 0.465 e. The van der Waals surface area contributed by atoms with Gasteiger partial charge in [0, 0.05) is 0 Å². The fraction of sp³-hybridized carbons (Fsp3) is 0.100. The van der Waals surface area contributed by atoms with Crippen molar-refractivity contribution in [2.75, 3.05) is 7.11 Å². The van der Waals surface area contributed by atoms with Crippen molar-refractivity contribution in [3.8, 4) is 0 Å². The Morgan fingerprint density at radius 2 is 1.75 bits per heavy atom. The summed E-state index contributed by atoms with van der Waals surface area (Å²) in [5.74, 6) is -1.40. The van der Waals surface area contributed by atoms with Crippen LogP contribution >= 0.6 is 0 Å². The summed E-state index contributed by atoms with van der Waals surface area (Å²) in [6.07, 6.45) is 0. The summed E-state index contributed by atoms with van der Waals surface area (Å²) in [5.41, 5.74) is 4.91. The number of carbonyl (C=O) groups excluding carboxylic acids is 3. The molecule has 1 aromatic carbocycles. The average Bonchev–Trinajstić information content (AvgIpc) is 2.27. The van der Waals surface area contributed by atoms with E-state index < -0.39 is 17.9 Å². The van der Waals surface area contributed by atoms with Gasteiger partial charge in [-0.3, -0.25) is 10.1 Å². The zero-order valence-corrected chi connectivity index (χ0v) is 8.52. The predicted molar refractivity (Wildman–Crippen MR) is 54.8 cm³/mol. The third-order valence-electron chi connectivity index (χ3n) is 1.81. The number of hydrogen-bond acceptors (Lipinski definition) is 4. The van der Waals surface area contributed by atoms with Gasteiger partial charge in [-0.1, -0.05) is 12.1 Å². The highest BCUT2D eigenvalue weighted by Crippen LogP contribution is 2.09. The number of benzene rings is 1. The van der Waals surface area contributed by atoms with E-state index in [1.54, 1.807) is 12.1 Å². The molecule has 3 amide bonds. The monoisotopic (exact) mass is 222 g/mol. The molecule has 84 valence electrons. The number of amides is 3. The first kappa shape index (κ1) is 11.7. The Kier molecular flexibility index (Phi) is 3.60. The van der Waals surface area contributed by atoms with Crippen LogP contribution in [0.15, 0.2) is 24.3 Å². The zero-order valence-electron chi connectivity index (χ0n) is 8.52. The number of methoxy groups -OCH3 is 1. The van der Waals surface area contributed by atoms with Crippen molar-refractivity contribution in [2.24, 2.45) is 5.73 Å². The molecule has 0 unspecified atom stereocenters. The maximum Gasteiger partial charge on any atom is 0.338 e. The average molecular weight is 222 g/mol. The number of rotatable bonds is 2. The smallest absolute Gasteiger partial charge is 0.338 e. The molecule has 1 aromatic rings. The van der Waals surface area contributed by atoms with Gasteiger partial charge < -0.3 is 10.5 Å². The van der Waals surface area contributed by atoms with E-state index in [0.717, 1.165) is 0 Å². The van der Waals surface area contributed by atoms with Gasteiger partial charge in [-0.25, -0.2) is 9.59 Å². The van der Waals surface area contributed by atoms with E-state index in [1.165, 1.54) is 19.2 Å². The molecule has 0 aliphatic rings. The van der Waals surface area contributed by atoms with Crippen LogP contribution in [0.3, 0.4) is 0 Å². The Morgan fingerprint density at radius 3 is 2.25 bits per heavy atom. The van der Waals surface area contributed by atoms with Crippen molar-refractivity contribution in [3.05, 3.63) is 35.4 Å². The van der Waals surface area contributed by atoms with E-state index in [0.29, 0.717) is 0 Å². The van der Waals surface area contributed by atoms with Crippen molar-refractivity contribution >= 4 is 17.9 Å². The second kappa shape index (κ2) is 4.92. The third kappa shape index (κ3) is 2.57. The number of nitrogens with two attached hydrogens (primary N) is 1. The molecule has 0 bridgehead atoms. The fourth-order valence-corrected chi connectivity index (χ4v) is 1.15. The molecule has 0 atom stereocenters. The molecular weight excluding hydrogens is 212 g/mol. The summed E-state index contributed by atoms with van der Waals surface area (Å²) < 4.78 is 4.50. The number of ether oxygens (including phenoxy) is 1. The minimum atomic E-state index is -0.982. The molecule has 0 saturated heterocycles. The molecule has 6 nitrogen and oxygen atoms in total. The van der Waals surface area contributed by atoms with Gasteiger partial charge in [-0.05, 0) is 12.1 Å². The molecule has 0 aliphatic carbocycles. The molecule has 16 heavy (non-hydrogen) atoms. The van der Waals surface area contributed by atoms with Crippen LogP contribution in [0.2, 0.25) is 0 Å². The second-order valence-electron chi connectivity index (χ2n) is 2.86. The number of urea groups is 1. The molecular formula is C10H10N2O4. The van der Waals surface area contributed by atoms with Gasteiger partial charge in [0.25, 0.3) is 5.91 Å². The lowest BCUT2D eigenvalue weighted by molar-refractivity contribution is 0.0596. The Hall–Kier alpha value is -2.37. The van der Waals surface area contributed by atoms with Crippen LogP contribution < -0.4 is 11.1 Å². The minimum Gasteiger partial charge on any atom is -0.465 e. The zero-order chi connectivity index (χ0) is 12.1. The van der Waals surface area contributed by atoms with Gasteiger partial charge in [0.15, 0.2) is 0 Å². The molecule has 0 radical (unpaired) electrons. The lowest BCUT2D eigenvalue weighted by atomic mass is 10.1. The summed E-state index contributed by atoms with van der Waals surface area (Å²) in [5, 5.41) is 1.87. The first-order chi connectivity index (χ1) is 7.56. The lowest BCUT2D eigenvalue weighted by Gasteiger charge is -2.06. The normalized spacial score (nSPS) is 9.31. The predicted octanol–water partition coefficient (Wildman–Crippen LogP) is 0.282. The van der Waals surface area contributed by atoms with Crippen LogP contribution in [0.4, 0.5) is 4.79 Å². The van der Waals surface area contributed by atoms with Crippen molar-refractivity contribution in [1.29, 1.82) is 0 Å². The summed E-state index contributed by atoms with van der Waals surface area (Å²) in [6, 6.07) is 4.96. The van der Waals surface area contributed by atoms with Crippen molar-refractivity contribution in [1.82, 2.24) is 5.32 Å². The van der Waals surface area contributed by atoms with Crippen molar-refractivity contribution < 1.29 is 19.1 Å². The third-order valence-corrected chi connectivity index (χ3v) is 1.81. The molecule has 0 spiro atoms. The Bertz CT molecular complexity index is 442. The quantitative estimate of drug-likeness (QED) is 0.702.